The summed E-state index contributed by atoms with van der Waals surface area (Å²) in [7, 11) is 1.92. The highest BCUT2D eigenvalue weighted by molar-refractivity contribution is 5.85. The van der Waals surface area contributed by atoms with Crippen molar-refractivity contribution >= 4 is 11.0 Å². The molecular formula is C17H16FNO. The van der Waals surface area contributed by atoms with Crippen molar-refractivity contribution in [2.75, 3.05) is 7.05 Å². The van der Waals surface area contributed by atoms with E-state index in [9.17, 15) is 4.39 Å². The van der Waals surface area contributed by atoms with E-state index in [1.54, 1.807) is 0 Å². The molecule has 0 aliphatic carbocycles. The smallest absolute Gasteiger partial charge is 0.137 e. The normalized spacial score (nSPS) is 11.2. The Morgan fingerprint density at radius 1 is 1.10 bits per heavy atom. The fourth-order valence-corrected chi connectivity index (χ4v) is 2.42. The van der Waals surface area contributed by atoms with Crippen LogP contribution in [0, 0.1) is 12.7 Å². The van der Waals surface area contributed by atoms with E-state index in [0.717, 1.165) is 34.4 Å². The van der Waals surface area contributed by atoms with Gasteiger partial charge in [0.25, 0.3) is 0 Å². The van der Waals surface area contributed by atoms with Gasteiger partial charge >= 0.3 is 0 Å². The average Bonchev–Trinajstić information content (AvgIpc) is 2.84. The first-order valence-corrected chi connectivity index (χ1v) is 6.61. The van der Waals surface area contributed by atoms with Crippen LogP contribution in [-0.2, 0) is 6.54 Å². The highest BCUT2D eigenvalue weighted by atomic mass is 19.1. The summed E-state index contributed by atoms with van der Waals surface area (Å²) in [6.45, 7) is 2.69. The van der Waals surface area contributed by atoms with E-state index in [4.69, 9.17) is 4.42 Å². The molecule has 102 valence electrons. The highest BCUT2D eigenvalue weighted by Crippen LogP contribution is 2.30. The summed E-state index contributed by atoms with van der Waals surface area (Å²) in [5.74, 6) is 0.538. The van der Waals surface area contributed by atoms with Crippen LogP contribution < -0.4 is 5.32 Å². The second kappa shape index (κ2) is 5.10. The van der Waals surface area contributed by atoms with Gasteiger partial charge < -0.3 is 9.73 Å². The molecule has 0 spiro atoms. The topological polar surface area (TPSA) is 25.2 Å². The lowest BCUT2D eigenvalue weighted by molar-refractivity contribution is 0.615. The molecule has 0 bridgehead atoms. The van der Waals surface area contributed by atoms with Crippen molar-refractivity contribution in [2.45, 2.75) is 13.5 Å². The molecule has 1 heterocycles. The molecule has 0 radical (unpaired) electrons. The van der Waals surface area contributed by atoms with Crippen LogP contribution >= 0.6 is 0 Å². The van der Waals surface area contributed by atoms with Gasteiger partial charge in [-0.05, 0) is 43.3 Å². The van der Waals surface area contributed by atoms with Crippen molar-refractivity contribution in [3.05, 3.63) is 59.4 Å². The molecule has 3 rings (SSSR count). The fourth-order valence-electron chi connectivity index (χ4n) is 2.42. The predicted octanol–water partition coefficient (Wildman–Crippen LogP) is 4.27. The van der Waals surface area contributed by atoms with Gasteiger partial charge in [-0.15, -0.1) is 0 Å². The number of benzene rings is 2. The van der Waals surface area contributed by atoms with Crippen LogP contribution in [0.2, 0.25) is 0 Å². The maximum absolute atomic E-state index is 13.4. The lowest BCUT2D eigenvalue weighted by Gasteiger charge is -2.01. The lowest BCUT2D eigenvalue weighted by atomic mass is 10.1. The molecule has 0 saturated carbocycles. The quantitative estimate of drug-likeness (QED) is 0.768. The van der Waals surface area contributed by atoms with Crippen LogP contribution in [0.3, 0.4) is 0 Å². The number of rotatable bonds is 3. The van der Waals surface area contributed by atoms with Crippen molar-refractivity contribution in [3.8, 4) is 11.3 Å². The van der Waals surface area contributed by atoms with Crippen LogP contribution in [0.15, 0.2) is 46.9 Å². The minimum absolute atomic E-state index is 0.230. The zero-order valence-corrected chi connectivity index (χ0v) is 11.5. The third-order valence-corrected chi connectivity index (χ3v) is 3.39. The number of aryl methyl sites for hydroxylation is 1. The van der Waals surface area contributed by atoms with Gasteiger partial charge in [0.1, 0.15) is 17.2 Å². The first-order valence-electron chi connectivity index (χ1n) is 6.61. The van der Waals surface area contributed by atoms with Gasteiger partial charge in [-0.3, -0.25) is 0 Å². The summed E-state index contributed by atoms with van der Waals surface area (Å²) < 4.78 is 19.3. The van der Waals surface area contributed by atoms with E-state index in [1.807, 2.05) is 32.2 Å². The first-order chi connectivity index (χ1) is 9.67. The summed E-state index contributed by atoms with van der Waals surface area (Å²) in [4.78, 5) is 0. The highest BCUT2D eigenvalue weighted by Gasteiger charge is 2.09. The number of fused-ring (bicyclic) bond motifs is 1. The largest absolute Gasteiger partial charge is 0.456 e. The maximum atomic E-state index is 13.4. The Labute approximate surface area is 117 Å². The van der Waals surface area contributed by atoms with Gasteiger partial charge in [0.05, 0.1) is 0 Å². The number of nitrogens with one attached hydrogen (secondary N) is 1. The molecule has 0 aliphatic rings. The van der Waals surface area contributed by atoms with Crippen LogP contribution in [0.1, 0.15) is 11.1 Å². The van der Waals surface area contributed by atoms with E-state index >= 15 is 0 Å². The molecule has 1 aromatic heterocycles. The van der Waals surface area contributed by atoms with Crippen LogP contribution in [-0.4, -0.2) is 7.05 Å². The fraction of sp³-hybridized carbons (Fsp3) is 0.176. The van der Waals surface area contributed by atoms with Crippen molar-refractivity contribution in [1.29, 1.82) is 0 Å². The summed E-state index contributed by atoms with van der Waals surface area (Å²) in [6, 6.07) is 13.1. The standard InChI is InChI=1S/C17H16FNO/c1-11-7-15(18)8-14-9-16(20-17(11)14)13-5-3-12(4-6-13)10-19-2/h3-9,19H,10H2,1-2H3. The number of hydrogen-bond donors (Lipinski definition) is 1. The summed E-state index contributed by atoms with van der Waals surface area (Å²) in [6.07, 6.45) is 0. The molecule has 3 aromatic rings. The molecule has 0 saturated heterocycles. The zero-order chi connectivity index (χ0) is 14.1. The number of halogens is 1. The Hall–Kier alpha value is -2.13. The molecule has 3 heteroatoms. The van der Waals surface area contributed by atoms with Gasteiger partial charge in [0.15, 0.2) is 0 Å². The molecule has 2 aromatic carbocycles. The number of furan rings is 1. The Bertz CT molecular complexity index is 744. The average molecular weight is 269 g/mol. The van der Waals surface area contributed by atoms with Crippen LogP contribution in [0.25, 0.3) is 22.3 Å². The van der Waals surface area contributed by atoms with Crippen molar-refractivity contribution in [3.63, 3.8) is 0 Å². The third kappa shape index (κ3) is 2.32. The summed E-state index contributed by atoms with van der Waals surface area (Å²) >= 11 is 0. The molecule has 2 nitrogen and oxygen atoms in total. The van der Waals surface area contributed by atoms with E-state index < -0.39 is 0 Å². The lowest BCUT2D eigenvalue weighted by Crippen LogP contribution is -2.04. The maximum Gasteiger partial charge on any atom is 0.137 e. The van der Waals surface area contributed by atoms with E-state index in [1.165, 1.54) is 17.7 Å². The van der Waals surface area contributed by atoms with Crippen LogP contribution in [0.5, 0.6) is 0 Å². The SMILES string of the molecule is CNCc1ccc(-c2cc3cc(F)cc(C)c3o2)cc1. The Morgan fingerprint density at radius 2 is 1.85 bits per heavy atom. The Kier molecular flexibility index (Phi) is 3.28. The number of hydrogen-bond acceptors (Lipinski definition) is 2. The molecule has 1 N–H and O–H groups in total. The third-order valence-electron chi connectivity index (χ3n) is 3.39. The predicted molar refractivity (Wildman–Crippen MR) is 79.1 cm³/mol. The van der Waals surface area contributed by atoms with Crippen molar-refractivity contribution in [2.24, 2.45) is 0 Å². The van der Waals surface area contributed by atoms with Gasteiger partial charge in [0, 0.05) is 17.5 Å². The Morgan fingerprint density at radius 3 is 2.55 bits per heavy atom. The minimum atomic E-state index is -0.230. The van der Waals surface area contributed by atoms with Crippen LogP contribution in [0.4, 0.5) is 4.39 Å². The Balaban J connectivity index is 2.03. The molecule has 0 atom stereocenters. The van der Waals surface area contributed by atoms with Gasteiger partial charge in [-0.1, -0.05) is 24.3 Å². The van der Waals surface area contributed by atoms with Gasteiger partial charge in [-0.25, -0.2) is 4.39 Å². The monoisotopic (exact) mass is 269 g/mol. The molecule has 0 amide bonds. The molecule has 0 unspecified atom stereocenters. The molecule has 0 aliphatic heterocycles. The van der Waals surface area contributed by atoms with E-state index in [2.05, 4.69) is 17.4 Å². The van der Waals surface area contributed by atoms with E-state index in [-0.39, 0.29) is 5.82 Å². The van der Waals surface area contributed by atoms with Crippen molar-refractivity contribution < 1.29 is 8.81 Å². The van der Waals surface area contributed by atoms with Gasteiger partial charge in [-0.2, -0.15) is 0 Å². The second-order valence-electron chi connectivity index (χ2n) is 4.98. The van der Waals surface area contributed by atoms with Crippen molar-refractivity contribution in [1.82, 2.24) is 5.32 Å². The molecular weight excluding hydrogens is 253 g/mol. The zero-order valence-electron chi connectivity index (χ0n) is 11.5. The molecule has 0 fully saturated rings. The minimum Gasteiger partial charge on any atom is -0.456 e. The molecule has 20 heavy (non-hydrogen) atoms. The van der Waals surface area contributed by atoms with Gasteiger partial charge in [0.2, 0.25) is 0 Å². The summed E-state index contributed by atoms with van der Waals surface area (Å²) in [5, 5.41) is 3.92. The first kappa shape index (κ1) is 12.9. The van der Waals surface area contributed by atoms with E-state index in [0.29, 0.717) is 0 Å². The second-order valence-corrected chi connectivity index (χ2v) is 4.98. The summed E-state index contributed by atoms with van der Waals surface area (Å²) in [5.41, 5.74) is 3.79.